The van der Waals surface area contributed by atoms with Crippen molar-refractivity contribution >= 4 is 37.6 Å². The number of aliphatic hydroxyl groups is 1. The molecule has 0 aromatic heterocycles. The summed E-state index contributed by atoms with van der Waals surface area (Å²) in [6, 6.07) is 2.04. The van der Waals surface area contributed by atoms with E-state index in [1.165, 1.54) is 26.4 Å². The lowest BCUT2D eigenvalue weighted by Crippen LogP contribution is -2.40. The van der Waals surface area contributed by atoms with Crippen LogP contribution in [0.2, 0.25) is 5.02 Å². The zero-order valence-corrected chi connectivity index (χ0v) is 14.0. The van der Waals surface area contributed by atoms with E-state index in [-0.39, 0.29) is 22.3 Å². The summed E-state index contributed by atoms with van der Waals surface area (Å²) in [6.07, 6.45) is 0. The van der Waals surface area contributed by atoms with Crippen LogP contribution in [0, 0.1) is 0 Å². The lowest BCUT2D eigenvalue weighted by molar-refractivity contribution is 0.139. The summed E-state index contributed by atoms with van der Waals surface area (Å²) in [5.41, 5.74) is 0. The van der Waals surface area contributed by atoms with E-state index in [0.29, 0.717) is 4.47 Å². The van der Waals surface area contributed by atoms with E-state index in [9.17, 15) is 8.42 Å². The molecule has 0 bridgehead atoms. The predicted molar refractivity (Wildman–Crippen MR) is 78.8 cm³/mol. The molecule has 9 heteroatoms. The first-order valence-electron chi connectivity index (χ1n) is 5.50. The maximum atomic E-state index is 12.3. The van der Waals surface area contributed by atoms with Crippen LogP contribution < -0.4 is 9.46 Å². The Bertz CT molecular complexity index is 566. The Balaban J connectivity index is 3.21. The molecule has 0 saturated heterocycles. The van der Waals surface area contributed by atoms with E-state index in [2.05, 4.69) is 20.7 Å². The summed E-state index contributed by atoms with van der Waals surface area (Å²) in [7, 11) is -1.15. The molecular weight excluding hydrogens is 374 g/mol. The van der Waals surface area contributed by atoms with Crippen molar-refractivity contribution in [2.45, 2.75) is 10.9 Å². The monoisotopic (exact) mass is 387 g/mol. The van der Waals surface area contributed by atoms with Crippen molar-refractivity contribution in [3.05, 3.63) is 21.6 Å². The van der Waals surface area contributed by atoms with Crippen LogP contribution in [-0.4, -0.2) is 47.0 Å². The summed E-state index contributed by atoms with van der Waals surface area (Å²) in [4.78, 5) is -0.117. The Kier molecular flexibility index (Phi) is 6.70. The number of methoxy groups -OCH3 is 2. The van der Waals surface area contributed by atoms with E-state index < -0.39 is 22.7 Å². The first-order valence-corrected chi connectivity index (χ1v) is 8.16. The SMILES string of the molecule is COCC(CO)NS(=O)(=O)c1cc(Cl)cc(Br)c1OC. The summed E-state index contributed by atoms with van der Waals surface area (Å²) < 4.78 is 37.3. The van der Waals surface area contributed by atoms with Crippen LogP contribution in [0.4, 0.5) is 0 Å². The average Bonchev–Trinajstić information content (AvgIpc) is 2.37. The minimum absolute atomic E-state index is 0.0414. The highest BCUT2D eigenvalue weighted by Gasteiger charge is 2.25. The number of hydrogen-bond acceptors (Lipinski definition) is 5. The van der Waals surface area contributed by atoms with Gasteiger partial charge in [0.25, 0.3) is 0 Å². The van der Waals surface area contributed by atoms with Crippen molar-refractivity contribution in [2.75, 3.05) is 27.4 Å². The number of sulfonamides is 1. The van der Waals surface area contributed by atoms with E-state index >= 15 is 0 Å². The van der Waals surface area contributed by atoms with E-state index in [1.54, 1.807) is 0 Å². The van der Waals surface area contributed by atoms with Gasteiger partial charge in [-0.3, -0.25) is 0 Å². The topological polar surface area (TPSA) is 84.9 Å². The molecule has 0 saturated carbocycles. The second-order valence-corrected chi connectivity index (χ2v) is 6.85. The van der Waals surface area contributed by atoms with Gasteiger partial charge in [-0.05, 0) is 28.1 Å². The minimum atomic E-state index is -3.91. The maximum absolute atomic E-state index is 12.3. The number of aliphatic hydroxyl groups excluding tert-OH is 1. The zero-order valence-electron chi connectivity index (χ0n) is 10.9. The van der Waals surface area contributed by atoms with Crippen LogP contribution >= 0.6 is 27.5 Å². The van der Waals surface area contributed by atoms with Gasteiger partial charge in [0.05, 0.1) is 30.8 Å². The molecule has 6 nitrogen and oxygen atoms in total. The van der Waals surface area contributed by atoms with Crippen molar-refractivity contribution in [2.24, 2.45) is 0 Å². The molecule has 1 rings (SSSR count). The lowest BCUT2D eigenvalue weighted by atomic mass is 10.3. The van der Waals surface area contributed by atoms with Gasteiger partial charge in [0.15, 0.2) is 5.75 Å². The third kappa shape index (κ3) is 4.31. The standard InChI is InChI=1S/C11H15BrClNO5S/c1-18-6-8(5-15)14-20(16,17)10-4-7(13)3-9(12)11(10)19-2/h3-4,8,14-15H,5-6H2,1-2H3. The predicted octanol–water partition coefficient (Wildman–Crippen LogP) is 1.40. The smallest absolute Gasteiger partial charge is 0.244 e. The molecule has 1 aromatic carbocycles. The van der Waals surface area contributed by atoms with Crippen LogP contribution in [0.15, 0.2) is 21.5 Å². The Hall–Kier alpha value is -0.380. The highest BCUT2D eigenvalue weighted by Crippen LogP contribution is 2.35. The molecule has 0 fully saturated rings. The lowest BCUT2D eigenvalue weighted by Gasteiger charge is -2.17. The van der Waals surface area contributed by atoms with Gasteiger partial charge in [0, 0.05) is 12.1 Å². The fourth-order valence-electron chi connectivity index (χ4n) is 1.54. The molecule has 114 valence electrons. The van der Waals surface area contributed by atoms with Gasteiger partial charge >= 0.3 is 0 Å². The van der Waals surface area contributed by atoms with E-state index in [1.807, 2.05) is 0 Å². The van der Waals surface area contributed by atoms with E-state index in [0.717, 1.165) is 0 Å². The number of rotatable bonds is 7. The molecular formula is C11H15BrClNO5S. The average molecular weight is 389 g/mol. The summed E-state index contributed by atoms with van der Waals surface area (Å²) >= 11 is 9.05. The Labute approximate surface area is 131 Å². The van der Waals surface area contributed by atoms with Crippen LogP contribution in [0.3, 0.4) is 0 Å². The third-order valence-corrected chi connectivity index (χ3v) is 4.71. The van der Waals surface area contributed by atoms with Gasteiger partial charge in [-0.2, -0.15) is 0 Å². The highest BCUT2D eigenvalue weighted by molar-refractivity contribution is 9.10. The Morgan fingerprint density at radius 3 is 2.60 bits per heavy atom. The Morgan fingerprint density at radius 2 is 2.10 bits per heavy atom. The van der Waals surface area contributed by atoms with Crippen molar-refractivity contribution < 1.29 is 23.0 Å². The van der Waals surface area contributed by atoms with Crippen molar-refractivity contribution in [3.8, 4) is 5.75 Å². The van der Waals surface area contributed by atoms with Gasteiger partial charge in [0.1, 0.15) is 4.90 Å². The van der Waals surface area contributed by atoms with Crippen LogP contribution in [0.25, 0.3) is 0 Å². The molecule has 0 aliphatic carbocycles. The molecule has 2 N–H and O–H groups in total. The second kappa shape index (κ2) is 7.58. The molecule has 0 radical (unpaired) electrons. The Morgan fingerprint density at radius 1 is 1.45 bits per heavy atom. The molecule has 1 unspecified atom stereocenters. The molecule has 1 aromatic rings. The minimum Gasteiger partial charge on any atom is -0.494 e. The normalized spacial score (nSPS) is 13.2. The molecule has 0 spiro atoms. The van der Waals surface area contributed by atoms with Gasteiger partial charge < -0.3 is 14.6 Å². The molecule has 1 atom stereocenters. The fraction of sp³-hybridized carbons (Fsp3) is 0.455. The van der Waals surface area contributed by atoms with Crippen molar-refractivity contribution in [1.82, 2.24) is 4.72 Å². The van der Waals surface area contributed by atoms with Crippen LogP contribution in [0.5, 0.6) is 5.75 Å². The van der Waals surface area contributed by atoms with Crippen LogP contribution in [-0.2, 0) is 14.8 Å². The first kappa shape index (κ1) is 17.7. The summed E-state index contributed by atoms with van der Waals surface area (Å²) in [5, 5.41) is 9.37. The van der Waals surface area contributed by atoms with Gasteiger partial charge in [-0.1, -0.05) is 11.6 Å². The highest BCUT2D eigenvalue weighted by atomic mass is 79.9. The molecule has 0 amide bonds. The second-order valence-electron chi connectivity index (χ2n) is 3.88. The van der Waals surface area contributed by atoms with Gasteiger partial charge in [-0.15, -0.1) is 0 Å². The number of ether oxygens (including phenoxy) is 2. The number of halogens is 2. The zero-order chi connectivity index (χ0) is 15.3. The van der Waals surface area contributed by atoms with Crippen LogP contribution in [0.1, 0.15) is 0 Å². The summed E-state index contributed by atoms with van der Waals surface area (Å²) in [5.74, 6) is 0.135. The number of benzene rings is 1. The van der Waals surface area contributed by atoms with Crippen molar-refractivity contribution in [1.29, 1.82) is 0 Å². The van der Waals surface area contributed by atoms with E-state index in [4.69, 9.17) is 26.2 Å². The molecule has 20 heavy (non-hydrogen) atoms. The quantitative estimate of drug-likeness (QED) is 0.737. The molecule has 0 aliphatic rings. The number of hydrogen-bond donors (Lipinski definition) is 2. The largest absolute Gasteiger partial charge is 0.494 e. The van der Waals surface area contributed by atoms with Gasteiger partial charge in [-0.25, -0.2) is 13.1 Å². The molecule has 0 heterocycles. The maximum Gasteiger partial charge on any atom is 0.244 e. The van der Waals surface area contributed by atoms with Gasteiger partial charge in [0.2, 0.25) is 10.0 Å². The summed E-state index contributed by atoms with van der Waals surface area (Å²) in [6.45, 7) is -0.350. The molecule has 0 aliphatic heterocycles. The number of nitrogens with one attached hydrogen (secondary N) is 1. The van der Waals surface area contributed by atoms with Crippen molar-refractivity contribution in [3.63, 3.8) is 0 Å². The third-order valence-electron chi connectivity index (χ3n) is 2.38. The fourth-order valence-corrected chi connectivity index (χ4v) is 4.14. The first-order chi connectivity index (χ1) is 9.35.